The molecule has 0 aliphatic carbocycles. The predicted molar refractivity (Wildman–Crippen MR) is 101 cm³/mol. The molecule has 2 N–H and O–H groups in total. The maximum absolute atomic E-state index is 12.4. The van der Waals surface area contributed by atoms with Gasteiger partial charge in [0, 0.05) is 13.7 Å². The summed E-state index contributed by atoms with van der Waals surface area (Å²) in [5.74, 6) is -0.262. The van der Waals surface area contributed by atoms with Crippen LogP contribution in [0.4, 0.5) is 5.69 Å². The fourth-order valence-electron chi connectivity index (χ4n) is 2.17. The molecule has 138 valence electrons. The molecule has 2 amide bonds. The molecule has 0 aliphatic rings. The summed E-state index contributed by atoms with van der Waals surface area (Å²) in [5, 5.41) is 5.87. The highest BCUT2D eigenvalue weighted by atomic mass is 35.5. The van der Waals surface area contributed by atoms with E-state index in [2.05, 4.69) is 10.6 Å². The molecule has 0 bridgehead atoms. The Morgan fingerprint density at radius 2 is 1.81 bits per heavy atom. The van der Waals surface area contributed by atoms with Gasteiger partial charge < -0.3 is 20.1 Å². The number of anilines is 1. The van der Waals surface area contributed by atoms with Crippen LogP contribution in [0.3, 0.4) is 0 Å². The van der Waals surface area contributed by atoms with E-state index in [4.69, 9.17) is 21.1 Å². The Kier molecular flexibility index (Phi) is 7.44. The molecule has 2 rings (SSSR count). The second kappa shape index (κ2) is 9.79. The van der Waals surface area contributed by atoms with Gasteiger partial charge in [-0.2, -0.15) is 0 Å². The summed E-state index contributed by atoms with van der Waals surface area (Å²) in [6.07, 6.45) is -0.792. The first-order valence-corrected chi connectivity index (χ1v) is 8.49. The number of carbonyl (C=O) groups is 2. The van der Waals surface area contributed by atoms with Crippen LogP contribution in [0.5, 0.6) is 5.75 Å². The molecule has 2 aromatic carbocycles. The lowest BCUT2D eigenvalue weighted by molar-refractivity contribution is -0.122. The number of rotatable bonds is 8. The van der Waals surface area contributed by atoms with E-state index in [9.17, 15) is 9.59 Å². The molecule has 0 unspecified atom stereocenters. The number of halogens is 1. The summed E-state index contributed by atoms with van der Waals surface area (Å²) in [7, 11) is 1.56. The average molecular weight is 377 g/mol. The van der Waals surface area contributed by atoms with Crippen molar-refractivity contribution in [3.63, 3.8) is 0 Å². The summed E-state index contributed by atoms with van der Waals surface area (Å²) >= 11 is 6.04. The molecule has 0 aliphatic heterocycles. The van der Waals surface area contributed by atoms with E-state index in [-0.39, 0.29) is 11.8 Å². The number of methoxy groups -OCH3 is 1. The van der Waals surface area contributed by atoms with Crippen LogP contribution in [-0.4, -0.2) is 38.2 Å². The number of nitrogens with one attached hydrogen (secondary N) is 2. The average Bonchev–Trinajstić information content (AvgIpc) is 2.64. The molecule has 7 heteroatoms. The third-order valence-electron chi connectivity index (χ3n) is 3.53. The smallest absolute Gasteiger partial charge is 0.265 e. The molecule has 6 nitrogen and oxygen atoms in total. The molecular formula is C19H21ClN2O4. The Balaban J connectivity index is 2.04. The zero-order valence-electron chi connectivity index (χ0n) is 14.6. The number of carbonyl (C=O) groups excluding carboxylic acids is 2. The number of hydrogen-bond acceptors (Lipinski definition) is 4. The van der Waals surface area contributed by atoms with Crippen molar-refractivity contribution < 1.29 is 19.1 Å². The molecule has 0 saturated carbocycles. The second-order valence-electron chi connectivity index (χ2n) is 5.47. The maximum atomic E-state index is 12.4. The minimum Gasteiger partial charge on any atom is -0.479 e. The van der Waals surface area contributed by atoms with Gasteiger partial charge in [-0.25, -0.2) is 0 Å². The fourth-order valence-corrected chi connectivity index (χ4v) is 2.35. The van der Waals surface area contributed by atoms with Crippen LogP contribution in [0.1, 0.15) is 17.3 Å². The van der Waals surface area contributed by atoms with Gasteiger partial charge in [-0.1, -0.05) is 35.9 Å². The van der Waals surface area contributed by atoms with Gasteiger partial charge in [-0.3, -0.25) is 9.59 Å². The number of amides is 2. The van der Waals surface area contributed by atoms with Crippen molar-refractivity contribution in [3.05, 3.63) is 59.1 Å². The van der Waals surface area contributed by atoms with E-state index < -0.39 is 6.10 Å². The van der Waals surface area contributed by atoms with Gasteiger partial charge in [0.1, 0.15) is 5.75 Å². The molecule has 0 spiro atoms. The minimum atomic E-state index is -0.792. The van der Waals surface area contributed by atoms with E-state index in [1.165, 1.54) is 0 Å². The van der Waals surface area contributed by atoms with E-state index in [1.807, 2.05) is 0 Å². The van der Waals surface area contributed by atoms with Gasteiger partial charge >= 0.3 is 0 Å². The van der Waals surface area contributed by atoms with Gasteiger partial charge in [-0.05, 0) is 31.2 Å². The number of hydrogen-bond donors (Lipinski definition) is 2. The van der Waals surface area contributed by atoms with Crippen molar-refractivity contribution in [1.29, 1.82) is 0 Å². The van der Waals surface area contributed by atoms with Crippen molar-refractivity contribution >= 4 is 29.1 Å². The summed E-state index contributed by atoms with van der Waals surface area (Å²) in [4.78, 5) is 24.7. The van der Waals surface area contributed by atoms with Crippen LogP contribution in [-0.2, 0) is 9.53 Å². The van der Waals surface area contributed by atoms with Crippen LogP contribution in [0.2, 0.25) is 5.02 Å². The SMILES string of the molecule is COCCNC(=O)c1ccccc1NC(=O)[C@@H](C)Oc1ccccc1Cl. The van der Waals surface area contributed by atoms with Crippen LogP contribution in [0, 0.1) is 0 Å². The fraction of sp³-hybridized carbons (Fsp3) is 0.263. The third-order valence-corrected chi connectivity index (χ3v) is 3.84. The summed E-state index contributed by atoms with van der Waals surface area (Å²) in [6, 6.07) is 13.7. The summed E-state index contributed by atoms with van der Waals surface area (Å²) in [6.45, 7) is 2.40. The lowest BCUT2D eigenvalue weighted by Gasteiger charge is -2.17. The molecule has 0 heterocycles. The van der Waals surface area contributed by atoms with Crippen molar-refractivity contribution in [3.8, 4) is 5.75 Å². The largest absolute Gasteiger partial charge is 0.479 e. The molecule has 0 aromatic heterocycles. The molecule has 0 saturated heterocycles. The Morgan fingerprint density at radius 3 is 2.54 bits per heavy atom. The molecular weight excluding hydrogens is 356 g/mol. The first kappa shape index (κ1) is 19.8. The van der Waals surface area contributed by atoms with Gasteiger partial charge in [0.15, 0.2) is 6.10 Å². The van der Waals surface area contributed by atoms with E-state index in [0.29, 0.717) is 35.2 Å². The van der Waals surface area contributed by atoms with Crippen LogP contribution in [0.15, 0.2) is 48.5 Å². The molecule has 0 fully saturated rings. The topological polar surface area (TPSA) is 76.7 Å². The van der Waals surface area contributed by atoms with Crippen molar-refractivity contribution in [2.45, 2.75) is 13.0 Å². The monoisotopic (exact) mass is 376 g/mol. The van der Waals surface area contributed by atoms with Gasteiger partial charge in [0.25, 0.3) is 11.8 Å². The van der Waals surface area contributed by atoms with Gasteiger partial charge in [0.2, 0.25) is 0 Å². The lowest BCUT2D eigenvalue weighted by atomic mass is 10.1. The zero-order chi connectivity index (χ0) is 18.9. The second-order valence-corrected chi connectivity index (χ2v) is 5.88. The Hall–Kier alpha value is -2.57. The zero-order valence-corrected chi connectivity index (χ0v) is 15.4. The van der Waals surface area contributed by atoms with Crippen molar-refractivity contribution in [2.75, 3.05) is 25.6 Å². The number of benzene rings is 2. The molecule has 1 atom stereocenters. The minimum absolute atomic E-state index is 0.294. The first-order chi connectivity index (χ1) is 12.5. The maximum Gasteiger partial charge on any atom is 0.265 e. The van der Waals surface area contributed by atoms with E-state index >= 15 is 0 Å². The van der Waals surface area contributed by atoms with Gasteiger partial charge in [-0.15, -0.1) is 0 Å². The van der Waals surface area contributed by atoms with Crippen LogP contribution in [0.25, 0.3) is 0 Å². The van der Waals surface area contributed by atoms with E-state index in [1.54, 1.807) is 62.6 Å². The standard InChI is InChI=1S/C19H21ClN2O4/c1-13(26-17-10-6-4-8-15(17)20)18(23)22-16-9-5-3-7-14(16)19(24)21-11-12-25-2/h3-10,13H,11-12H2,1-2H3,(H,21,24)(H,22,23)/t13-/m1/s1. The number of para-hydroxylation sites is 2. The third kappa shape index (κ3) is 5.47. The normalized spacial score (nSPS) is 11.5. The predicted octanol–water partition coefficient (Wildman–Crippen LogP) is 3.12. The Morgan fingerprint density at radius 1 is 1.12 bits per heavy atom. The number of ether oxygens (including phenoxy) is 2. The van der Waals surface area contributed by atoms with E-state index in [0.717, 1.165) is 0 Å². The Bertz CT molecular complexity index is 767. The van der Waals surface area contributed by atoms with Crippen LogP contribution >= 0.6 is 11.6 Å². The summed E-state index contributed by atoms with van der Waals surface area (Å²) < 4.78 is 10.5. The summed E-state index contributed by atoms with van der Waals surface area (Å²) in [5.41, 5.74) is 0.768. The Labute approximate surface area is 157 Å². The molecule has 0 radical (unpaired) electrons. The first-order valence-electron chi connectivity index (χ1n) is 8.11. The van der Waals surface area contributed by atoms with Crippen LogP contribution < -0.4 is 15.4 Å². The molecule has 26 heavy (non-hydrogen) atoms. The molecule has 2 aromatic rings. The van der Waals surface area contributed by atoms with Gasteiger partial charge in [0.05, 0.1) is 22.9 Å². The highest BCUT2D eigenvalue weighted by molar-refractivity contribution is 6.32. The van der Waals surface area contributed by atoms with Crippen molar-refractivity contribution in [1.82, 2.24) is 5.32 Å². The quantitative estimate of drug-likeness (QED) is 0.694. The highest BCUT2D eigenvalue weighted by Gasteiger charge is 2.19. The highest BCUT2D eigenvalue weighted by Crippen LogP contribution is 2.24. The lowest BCUT2D eigenvalue weighted by Crippen LogP contribution is -2.32. The van der Waals surface area contributed by atoms with Crippen molar-refractivity contribution in [2.24, 2.45) is 0 Å².